The minimum Gasteiger partial charge on any atom is -0.444 e. The molecule has 4 nitrogen and oxygen atoms in total. The van der Waals surface area contributed by atoms with E-state index in [0.29, 0.717) is 5.92 Å². The predicted molar refractivity (Wildman–Crippen MR) is 73.7 cm³/mol. The van der Waals surface area contributed by atoms with Gasteiger partial charge in [-0.05, 0) is 59.0 Å². The van der Waals surface area contributed by atoms with Crippen molar-refractivity contribution in [2.45, 2.75) is 65.0 Å². The summed E-state index contributed by atoms with van der Waals surface area (Å²) < 4.78 is 5.34. The summed E-state index contributed by atoms with van der Waals surface area (Å²) in [5.41, 5.74) is -0.423. The number of alkyl carbamates (subject to hydrolysis) is 1. The molecule has 1 fully saturated rings. The number of ether oxygens (including phenoxy) is 1. The second-order valence-electron chi connectivity index (χ2n) is 6.13. The van der Waals surface area contributed by atoms with E-state index in [2.05, 4.69) is 17.6 Å². The molecule has 0 spiro atoms. The lowest BCUT2D eigenvalue weighted by Gasteiger charge is -2.27. The molecule has 0 bridgehead atoms. The molecule has 0 aromatic carbocycles. The van der Waals surface area contributed by atoms with E-state index in [0.717, 1.165) is 32.4 Å². The van der Waals surface area contributed by atoms with Crippen LogP contribution in [0.2, 0.25) is 0 Å². The van der Waals surface area contributed by atoms with Gasteiger partial charge in [-0.2, -0.15) is 0 Å². The van der Waals surface area contributed by atoms with Gasteiger partial charge in [0.1, 0.15) is 5.60 Å². The van der Waals surface area contributed by atoms with E-state index < -0.39 is 5.60 Å². The second-order valence-corrected chi connectivity index (χ2v) is 6.13. The Morgan fingerprint density at radius 2 is 2.00 bits per heavy atom. The van der Waals surface area contributed by atoms with Crippen molar-refractivity contribution < 1.29 is 9.53 Å². The molecule has 0 aliphatic carbocycles. The lowest BCUT2D eigenvalue weighted by atomic mass is 9.91. The summed E-state index contributed by atoms with van der Waals surface area (Å²) in [5.74, 6) is 0.567. The average Bonchev–Trinajstić information content (AvgIpc) is 2.42. The smallest absolute Gasteiger partial charge is 0.407 e. The van der Waals surface area contributed by atoms with Gasteiger partial charge >= 0.3 is 6.09 Å². The first-order valence-electron chi connectivity index (χ1n) is 7.12. The highest BCUT2D eigenvalue weighted by atomic mass is 16.6. The van der Waals surface area contributed by atoms with E-state index in [1.807, 2.05) is 20.8 Å². The number of hydrogen-bond acceptors (Lipinski definition) is 3. The van der Waals surface area contributed by atoms with Crippen LogP contribution in [0.25, 0.3) is 0 Å². The summed E-state index contributed by atoms with van der Waals surface area (Å²) in [6.07, 6.45) is 4.17. The quantitative estimate of drug-likeness (QED) is 0.816. The Labute approximate surface area is 111 Å². The van der Waals surface area contributed by atoms with Crippen molar-refractivity contribution >= 4 is 6.09 Å². The summed E-state index contributed by atoms with van der Waals surface area (Å²) in [5, 5.41) is 6.44. The Balaban J connectivity index is 2.52. The maximum absolute atomic E-state index is 11.8. The highest BCUT2D eigenvalue weighted by Crippen LogP contribution is 2.20. The maximum atomic E-state index is 11.8. The number of amides is 1. The molecule has 106 valence electrons. The standard InChI is InChI=1S/C14H28N2O2/c1-5-6-11-7-9-15-10-8-12(11)16-13(17)18-14(2,3)4/h11-12,15H,5-10H2,1-4H3,(H,16,17). The van der Waals surface area contributed by atoms with Crippen LogP contribution in [0.4, 0.5) is 4.79 Å². The summed E-state index contributed by atoms with van der Waals surface area (Å²) in [7, 11) is 0. The molecule has 1 saturated heterocycles. The van der Waals surface area contributed by atoms with Gasteiger partial charge in [-0.3, -0.25) is 0 Å². The molecule has 18 heavy (non-hydrogen) atoms. The van der Waals surface area contributed by atoms with E-state index in [-0.39, 0.29) is 12.1 Å². The Kier molecular flexibility index (Phi) is 5.93. The van der Waals surface area contributed by atoms with Crippen molar-refractivity contribution in [1.82, 2.24) is 10.6 Å². The molecule has 1 rings (SSSR count). The van der Waals surface area contributed by atoms with Crippen LogP contribution >= 0.6 is 0 Å². The summed E-state index contributed by atoms with van der Waals surface area (Å²) >= 11 is 0. The van der Waals surface area contributed by atoms with Gasteiger partial charge in [0.25, 0.3) is 0 Å². The molecule has 2 unspecified atom stereocenters. The van der Waals surface area contributed by atoms with Gasteiger partial charge < -0.3 is 15.4 Å². The first-order valence-corrected chi connectivity index (χ1v) is 7.12. The zero-order valence-corrected chi connectivity index (χ0v) is 12.2. The fourth-order valence-corrected chi connectivity index (χ4v) is 2.47. The number of carbonyl (C=O) groups excluding carboxylic acids is 1. The number of nitrogens with one attached hydrogen (secondary N) is 2. The number of rotatable bonds is 3. The third-order valence-electron chi connectivity index (χ3n) is 3.25. The first kappa shape index (κ1) is 15.3. The van der Waals surface area contributed by atoms with Crippen molar-refractivity contribution in [3.05, 3.63) is 0 Å². The number of hydrogen-bond donors (Lipinski definition) is 2. The molecule has 1 aliphatic rings. The molecule has 1 aliphatic heterocycles. The van der Waals surface area contributed by atoms with E-state index in [1.54, 1.807) is 0 Å². The van der Waals surface area contributed by atoms with Gasteiger partial charge in [0, 0.05) is 6.04 Å². The minimum atomic E-state index is -0.423. The van der Waals surface area contributed by atoms with Gasteiger partial charge in [-0.25, -0.2) is 4.79 Å². The van der Waals surface area contributed by atoms with E-state index in [9.17, 15) is 4.79 Å². The SMILES string of the molecule is CCCC1CCNCCC1NC(=O)OC(C)(C)C. The molecule has 0 saturated carbocycles. The molecule has 0 aromatic heterocycles. The average molecular weight is 256 g/mol. The zero-order chi connectivity index (χ0) is 13.6. The van der Waals surface area contributed by atoms with E-state index in [4.69, 9.17) is 4.74 Å². The van der Waals surface area contributed by atoms with Gasteiger partial charge in [0.05, 0.1) is 0 Å². The Bertz CT molecular complexity index is 261. The zero-order valence-electron chi connectivity index (χ0n) is 12.2. The molecule has 2 N–H and O–H groups in total. The van der Waals surface area contributed by atoms with Crippen LogP contribution in [0.3, 0.4) is 0 Å². The van der Waals surface area contributed by atoms with Gasteiger partial charge in [-0.1, -0.05) is 13.3 Å². The summed E-state index contributed by atoms with van der Waals surface area (Å²) in [6.45, 7) is 9.90. The van der Waals surface area contributed by atoms with Gasteiger partial charge in [0.2, 0.25) is 0 Å². The third-order valence-corrected chi connectivity index (χ3v) is 3.25. The van der Waals surface area contributed by atoms with Crippen LogP contribution < -0.4 is 10.6 Å². The fourth-order valence-electron chi connectivity index (χ4n) is 2.47. The largest absolute Gasteiger partial charge is 0.444 e. The molecule has 0 radical (unpaired) electrons. The molecule has 1 heterocycles. The highest BCUT2D eigenvalue weighted by Gasteiger charge is 2.26. The van der Waals surface area contributed by atoms with Crippen LogP contribution in [0.5, 0.6) is 0 Å². The molecular formula is C14H28N2O2. The minimum absolute atomic E-state index is 0.245. The van der Waals surface area contributed by atoms with Crippen molar-refractivity contribution in [3.8, 4) is 0 Å². The van der Waals surface area contributed by atoms with Crippen molar-refractivity contribution in [2.24, 2.45) is 5.92 Å². The summed E-state index contributed by atoms with van der Waals surface area (Å²) in [6, 6.07) is 0.245. The topological polar surface area (TPSA) is 50.4 Å². The van der Waals surface area contributed by atoms with Crippen molar-refractivity contribution in [1.29, 1.82) is 0 Å². The molecule has 4 heteroatoms. The fraction of sp³-hybridized carbons (Fsp3) is 0.929. The van der Waals surface area contributed by atoms with Gasteiger partial charge in [0.15, 0.2) is 0 Å². The highest BCUT2D eigenvalue weighted by molar-refractivity contribution is 5.68. The van der Waals surface area contributed by atoms with Gasteiger partial charge in [-0.15, -0.1) is 0 Å². The van der Waals surface area contributed by atoms with Crippen LogP contribution in [0, 0.1) is 5.92 Å². The van der Waals surface area contributed by atoms with Crippen molar-refractivity contribution in [2.75, 3.05) is 13.1 Å². The molecule has 2 atom stereocenters. The third kappa shape index (κ3) is 5.71. The number of carbonyl (C=O) groups is 1. The lowest BCUT2D eigenvalue weighted by Crippen LogP contribution is -2.43. The van der Waals surface area contributed by atoms with E-state index >= 15 is 0 Å². The van der Waals surface area contributed by atoms with Crippen LogP contribution in [0.15, 0.2) is 0 Å². The maximum Gasteiger partial charge on any atom is 0.407 e. The van der Waals surface area contributed by atoms with Crippen LogP contribution in [-0.2, 0) is 4.74 Å². The predicted octanol–water partition coefficient (Wildman–Crippen LogP) is 2.68. The van der Waals surface area contributed by atoms with E-state index in [1.165, 1.54) is 6.42 Å². The van der Waals surface area contributed by atoms with Crippen molar-refractivity contribution in [3.63, 3.8) is 0 Å². The molecule has 1 amide bonds. The Hall–Kier alpha value is -0.770. The Morgan fingerprint density at radius 1 is 1.33 bits per heavy atom. The van der Waals surface area contributed by atoms with Crippen LogP contribution in [0.1, 0.15) is 53.4 Å². The first-order chi connectivity index (χ1) is 8.42. The lowest BCUT2D eigenvalue weighted by molar-refractivity contribution is 0.0482. The summed E-state index contributed by atoms with van der Waals surface area (Å²) in [4.78, 5) is 11.8. The normalized spacial score (nSPS) is 25.3. The molecular weight excluding hydrogens is 228 g/mol. The Morgan fingerprint density at radius 3 is 2.61 bits per heavy atom. The monoisotopic (exact) mass is 256 g/mol. The second kappa shape index (κ2) is 6.98. The van der Waals surface area contributed by atoms with Crippen LogP contribution in [-0.4, -0.2) is 30.8 Å². The molecule has 0 aromatic rings.